The fourth-order valence-electron chi connectivity index (χ4n) is 3.64. The Hall–Kier alpha value is -3.63. The van der Waals surface area contributed by atoms with E-state index in [2.05, 4.69) is 59.1 Å². The summed E-state index contributed by atoms with van der Waals surface area (Å²) in [5, 5.41) is 14.7. The minimum absolute atomic E-state index is 0.0415. The summed E-state index contributed by atoms with van der Waals surface area (Å²) in [4.78, 5) is 12.6. The van der Waals surface area contributed by atoms with E-state index < -0.39 is 5.91 Å². The second-order valence-electron chi connectivity index (χ2n) is 7.79. The van der Waals surface area contributed by atoms with Gasteiger partial charge in [-0.1, -0.05) is 67.6 Å². The molecule has 0 bridgehead atoms. The Morgan fingerprint density at radius 1 is 1.03 bits per heavy atom. The minimum Gasteiger partial charge on any atom is -0.488 e. The van der Waals surface area contributed by atoms with E-state index in [0.29, 0.717) is 12.3 Å². The lowest BCUT2D eigenvalue weighted by Crippen LogP contribution is -2.13. The Bertz CT molecular complexity index is 1400. The summed E-state index contributed by atoms with van der Waals surface area (Å²) in [6, 6.07) is 29.7. The Balaban J connectivity index is 1.46. The van der Waals surface area contributed by atoms with Gasteiger partial charge in [0.25, 0.3) is 5.91 Å². The van der Waals surface area contributed by atoms with Crippen LogP contribution in [0.2, 0.25) is 0 Å². The molecule has 0 aliphatic heterocycles. The number of nitrogens with zero attached hydrogens (tertiary/aromatic N) is 1. The van der Waals surface area contributed by atoms with Gasteiger partial charge in [0.15, 0.2) is 0 Å². The Kier molecular flexibility index (Phi) is 7.61. The SMILES string of the molecule is CCc1ccc(NC(=O)/C(C#N)=C/c2ccc(OCc3cccc4ccccc34)c(I)c2)cc1. The van der Waals surface area contributed by atoms with Gasteiger partial charge >= 0.3 is 0 Å². The summed E-state index contributed by atoms with van der Waals surface area (Å²) in [6.07, 6.45) is 2.52. The first kappa shape index (κ1) is 23.5. The van der Waals surface area contributed by atoms with Crippen LogP contribution in [0.1, 0.15) is 23.6 Å². The van der Waals surface area contributed by atoms with Crippen LogP contribution >= 0.6 is 22.6 Å². The van der Waals surface area contributed by atoms with E-state index in [1.807, 2.05) is 66.7 Å². The molecule has 4 nitrogen and oxygen atoms in total. The average molecular weight is 558 g/mol. The molecule has 4 rings (SSSR count). The number of fused-ring (bicyclic) bond motifs is 1. The van der Waals surface area contributed by atoms with Gasteiger partial charge in [-0.25, -0.2) is 0 Å². The van der Waals surface area contributed by atoms with Gasteiger partial charge in [0.1, 0.15) is 24.0 Å². The molecule has 0 heterocycles. The van der Waals surface area contributed by atoms with Crippen LogP contribution in [0.5, 0.6) is 5.75 Å². The number of carbonyl (C=O) groups is 1. The van der Waals surface area contributed by atoms with Gasteiger partial charge in [-0.05, 0) is 86.8 Å². The van der Waals surface area contributed by atoms with E-state index in [9.17, 15) is 10.1 Å². The molecule has 5 heteroatoms. The number of amides is 1. The molecule has 0 saturated heterocycles. The Morgan fingerprint density at radius 3 is 2.53 bits per heavy atom. The van der Waals surface area contributed by atoms with Crippen LogP contribution in [-0.2, 0) is 17.8 Å². The van der Waals surface area contributed by atoms with Gasteiger partial charge in [-0.15, -0.1) is 0 Å². The van der Waals surface area contributed by atoms with Gasteiger partial charge in [0.2, 0.25) is 0 Å². The number of hydrogen-bond acceptors (Lipinski definition) is 3. The molecular formula is C29H23IN2O2. The molecule has 0 saturated carbocycles. The van der Waals surface area contributed by atoms with E-state index in [-0.39, 0.29) is 5.57 Å². The maximum Gasteiger partial charge on any atom is 0.266 e. The predicted octanol–water partition coefficient (Wildman–Crippen LogP) is 7.13. The first-order valence-corrected chi connectivity index (χ1v) is 12.1. The van der Waals surface area contributed by atoms with Crippen molar-refractivity contribution in [1.29, 1.82) is 5.26 Å². The molecular weight excluding hydrogens is 535 g/mol. The fourth-order valence-corrected chi connectivity index (χ4v) is 4.33. The molecule has 1 amide bonds. The third-order valence-electron chi connectivity index (χ3n) is 5.52. The van der Waals surface area contributed by atoms with E-state index in [0.717, 1.165) is 26.9 Å². The summed E-state index contributed by atoms with van der Waals surface area (Å²) in [5.74, 6) is 0.322. The van der Waals surface area contributed by atoms with Crippen molar-refractivity contribution in [2.75, 3.05) is 5.32 Å². The number of benzene rings is 4. The smallest absolute Gasteiger partial charge is 0.266 e. The van der Waals surface area contributed by atoms with Crippen molar-refractivity contribution in [3.8, 4) is 11.8 Å². The molecule has 0 atom stereocenters. The molecule has 0 aromatic heterocycles. The van der Waals surface area contributed by atoms with Crippen molar-refractivity contribution in [1.82, 2.24) is 0 Å². The topological polar surface area (TPSA) is 62.1 Å². The summed E-state index contributed by atoms with van der Waals surface area (Å²) in [6.45, 7) is 2.53. The van der Waals surface area contributed by atoms with Crippen LogP contribution in [0, 0.1) is 14.9 Å². The van der Waals surface area contributed by atoms with Gasteiger partial charge in [0, 0.05) is 5.69 Å². The third-order valence-corrected chi connectivity index (χ3v) is 6.36. The summed E-state index contributed by atoms with van der Waals surface area (Å²) >= 11 is 2.21. The quantitative estimate of drug-likeness (QED) is 0.149. The van der Waals surface area contributed by atoms with E-state index in [1.165, 1.54) is 16.3 Å². The number of nitrogens with one attached hydrogen (secondary N) is 1. The van der Waals surface area contributed by atoms with Gasteiger partial charge in [0.05, 0.1) is 3.57 Å². The zero-order chi connectivity index (χ0) is 23.9. The molecule has 4 aromatic carbocycles. The highest BCUT2D eigenvalue weighted by molar-refractivity contribution is 14.1. The Labute approximate surface area is 213 Å². The van der Waals surface area contributed by atoms with Crippen molar-refractivity contribution in [3.05, 3.63) is 111 Å². The monoisotopic (exact) mass is 558 g/mol. The minimum atomic E-state index is -0.432. The second-order valence-corrected chi connectivity index (χ2v) is 8.95. The van der Waals surface area contributed by atoms with E-state index >= 15 is 0 Å². The fraction of sp³-hybridized carbons (Fsp3) is 0.103. The number of rotatable bonds is 7. The lowest BCUT2D eigenvalue weighted by molar-refractivity contribution is -0.112. The largest absolute Gasteiger partial charge is 0.488 e. The second kappa shape index (κ2) is 11.0. The standard InChI is InChI=1S/C29H23IN2O2/c1-2-20-10-13-25(14-11-20)32-29(33)24(18-31)16-21-12-15-28(27(30)17-21)34-19-23-8-5-7-22-6-3-4-9-26(22)23/h3-17H,2,19H2,1H3,(H,32,33)/b24-16+. The summed E-state index contributed by atoms with van der Waals surface area (Å²) < 4.78 is 6.99. The number of anilines is 1. The molecule has 0 aliphatic rings. The van der Waals surface area contributed by atoms with Crippen molar-refractivity contribution in [2.24, 2.45) is 0 Å². The number of aryl methyl sites for hydroxylation is 1. The van der Waals surface area contributed by atoms with E-state index in [1.54, 1.807) is 6.08 Å². The maximum absolute atomic E-state index is 12.6. The average Bonchev–Trinajstić information content (AvgIpc) is 2.87. The molecule has 0 unspecified atom stereocenters. The van der Waals surface area contributed by atoms with Crippen LogP contribution in [-0.4, -0.2) is 5.91 Å². The van der Waals surface area contributed by atoms with Crippen LogP contribution in [0.3, 0.4) is 0 Å². The van der Waals surface area contributed by atoms with Crippen molar-refractivity contribution < 1.29 is 9.53 Å². The summed E-state index contributed by atoms with van der Waals surface area (Å²) in [5.41, 5.74) is 3.77. The van der Waals surface area contributed by atoms with Crippen molar-refractivity contribution >= 4 is 51.0 Å². The van der Waals surface area contributed by atoms with Crippen molar-refractivity contribution in [3.63, 3.8) is 0 Å². The maximum atomic E-state index is 12.6. The molecule has 0 aliphatic carbocycles. The number of hydrogen-bond donors (Lipinski definition) is 1. The highest BCUT2D eigenvalue weighted by Gasteiger charge is 2.11. The van der Waals surface area contributed by atoms with Crippen LogP contribution in [0.4, 0.5) is 5.69 Å². The zero-order valence-corrected chi connectivity index (χ0v) is 20.9. The summed E-state index contributed by atoms with van der Waals surface area (Å²) in [7, 11) is 0. The van der Waals surface area contributed by atoms with Crippen LogP contribution in [0.15, 0.2) is 90.5 Å². The number of carbonyl (C=O) groups excluding carboxylic acids is 1. The van der Waals surface area contributed by atoms with Gasteiger partial charge in [-0.2, -0.15) is 5.26 Å². The molecule has 0 fully saturated rings. The molecule has 4 aromatic rings. The highest BCUT2D eigenvalue weighted by atomic mass is 127. The first-order valence-electron chi connectivity index (χ1n) is 11.0. The zero-order valence-electron chi connectivity index (χ0n) is 18.7. The normalized spacial score (nSPS) is 11.1. The molecule has 0 radical (unpaired) electrons. The molecule has 168 valence electrons. The van der Waals surface area contributed by atoms with Gasteiger partial charge < -0.3 is 10.1 Å². The Morgan fingerprint density at radius 2 is 1.79 bits per heavy atom. The van der Waals surface area contributed by atoms with Gasteiger partial charge in [-0.3, -0.25) is 4.79 Å². The van der Waals surface area contributed by atoms with Crippen LogP contribution < -0.4 is 10.1 Å². The van der Waals surface area contributed by atoms with Crippen molar-refractivity contribution in [2.45, 2.75) is 20.0 Å². The predicted molar refractivity (Wildman–Crippen MR) is 145 cm³/mol. The van der Waals surface area contributed by atoms with E-state index in [4.69, 9.17) is 4.74 Å². The first-order chi connectivity index (χ1) is 16.6. The highest BCUT2D eigenvalue weighted by Crippen LogP contribution is 2.26. The molecule has 1 N–H and O–H groups in total. The van der Waals surface area contributed by atoms with Crippen LogP contribution in [0.25, 0.3) is 16.8 Å². The number of halogens is 1. The lowest BCUT2D eigenvalue weighted by atomic mass is 10.1. The number of ether oxygens (including phenoxy) is 1. The lowest BCUT2D eigenvalue weighted by Gasteiger charge is -2.11. The third kappa shape index (κ3) is 5.64. The molecule has 0 spiro atoms. The number of nitriles is 1. The molecule has 34 heavy (non-hydrogen) atoms.